The molecule has 0 unspecified atom stereocenters. The van der Waals surface area contributed by atoms with Crippen LogP contribution in [0, 0.1) is 0 Å². The van der Waals surface area contributed by atoms with Crippen molar-refractivity contribution in [1.29, 1.82) is 0 Å². The molecule has 0 spiro atoms. The van der Waals surface area contributed by atoms with Crippen molar-refractivity contribution in [1.82, 2.24) is 20.5 Å². The maximum Gasteiger partial charge on any atom is 0.191 e. The van der Waals surface area contributed by atoms with Crippen molar-refractivity contribution in [3.05, 3.63) is 40.7 Å². The number of benzene rings is 1. The molecule has 1 aromatic heterocycles. The maximum atomic E-state index is 5.39. The molecule has 1 aliphatic rings. The Balaban J connectivity index is 1.46. The van der Waals surface area contributed by atoms with Gasteiger partial charge in [-0.05, 0) is 19.9 Å². The summed E-state index contributed by atoms with van der Waals surface area (Å²) in [6.07, 6.45) is 1.10. The van der Waals surface area contributed by atoms with E-state index in [0.717, 1.165) is 74.6 Å². The summed E-state index contributed by atoms with van der Waals surface area (Å²) in [4.78, 5) is 11.8. The van der Waals surface area contributed by atoms with Crippen LogP contribution in [0.3, 0.4) is 0 Å². The van der Waals surface area contributed by atoms with Crippen molar-refractivity contribution >= 4 is 17.3 Å². The molecule has 0 atom stereocenters. The van der Waals surface area contributed by atoms with Crippen LogP contribution >= 0.6 is 11.3 Å². The molecule has 0 bridgehead atoms. The van der Waals surface area contributed by atoms with E-state index >= 15 is 0 Å². The van der Waals surface area contributed by atoms with Crippen LogP contribution in [0.15, 0.2) is 40.7 Å². The van der Waals surface area contributed by atoms with E-state index in [9.17, 15) is 0 Å². The molecule has 0 amide bonds. The first kappa shape index (κ1) is 19.8. The van der Waals surface area contributed by atoms with Crippen LogP contribution < -0.4 is 10.6 Å². The van der Waals surface area contributed by atoms with Crippen molar-refractivity contribution in [2.75, 3.05) is 45.9 Å². The second kappa shape index (κ2) is 11.0. The molecule has 2 heterocycles. The molecule has 3 rings (SSSR count). The van der Waals surface area contributed by atoms with Gasteiger partial charge in [0.25, 0.3) is 0 Å². The quantitative estimate of drug-likeness (QED) is 0.414. The van der Waals surface area contributed by atoms with E-state index in [0.29, 0.717) is 6.54 Å². The second-order valence-corrected chi connectivity index (χ2v) is 7.36. The molecule has 7 heteroatoms. The Morgan fingerprint density at radius 3 is 2.81 bits per heavy atom. The molecule has 0 aliphatic carbocycles. The molecule has 2 N–H and O–H groups in total. The highest BCUT2D eigenvalue weighted by molar-refractivity contribution is 7.09. The van der Waals surface area contributed by atoms with Gasteiger partial charge in [-0.15, -0.1) is 11.3 Å². The zero-order valence-corrected chi connectivity index (χ0v) is 16.8. The monoisotopic (exact) mass is 387 g/mol. The van der Waals surface area contributed by atoms with Gasteiger partial charge in [-0.25, -0.2) is 9.98 Å². The van der Waals surface area contributed by atoms with Crippen molar-refractivity contribution in [2.45, 2.75) is 19.9 Å². The fourth-order valence-electron chi connectivity index (χ4n) is 2.95. The highest BCUT2D eigenvalue weighted by Gasteiger charge is 2.09. The Bertz CT molecular complexity index is 697. The van der Waals surface area contributed by atoms with E-state index in [2.05, 4.69) is 45.0 Å². The number of rotatable bonds is 8. The maximum absolute atomic E-state index is 5.39. The lowest BCUT2D eigenvalue weighted by molar-refractivity contribution is 0.0376. The third-order valence-corrected chi connectivity index (χ3v) is 5.22. The molecule has 6 nitrogen and oxygen atoms in total. The first-order chi connectivity index (χ1) is 13.3. The fourth-order valence-corrected chi connectivity index (χ4v) is 3.67. The highest BCUT2D eigenvalue weighted by atomic mass is 32.1. The van der Waals surface area contributed by atoms with Crippen LogP contribution in [0.25, 0.3) is 11.3 Å². The lowest BCUT2D eigenvalue weighted by Gasteiger charge is -2.26. The SMILES string of the molecule is CCNC(=NCc1nc(-c2ccccc2)cs1)NCCCN1CCOCC1. The first-order valence-electron chi connectivity index (χ1n) is 9.67. The number of ether oxygens (including phenoxy) is 1. The van der Waals surface area contributed by atoms with E-state index in [4.69, 9.17) is 9.72 Å². The van der Waals surface area contributed by atoms with Crippen LogP contribution in [-0.4, -0.2) is 61.8 Å². The number of thiazole rings is 1. The number of aliphatic imine (C=N–C) groups is 1. The van der Waals surface area contributed by atoms with Crippen molar-refractivity contribution < 1.29 is 4.74 Å². The van der Waals surface area contributed by atoms with E-state index in [1.165, 1.54) is 0 Å². The summed E-state index contributed by atoms with van der Waals surface area (Å²) >= 11 is 1.66. The summed E-state index contributed by atoms with van der Waals surface area (Å²) in [5.41, 5.74) is 2.17. The molecular weight excluding hydrogens is 358 g/mol. The molecule has 1 saturated heterocycles. The molecule has 1 aromatic carbocycles. The van der Waals surface area contributed by atoms with Gasteiger partial charge < -0.3 is 15.4 Å². The summed E-state index contributed by atoms with van der Waals surface area (Å²) in [6.45, 7) is 9.34. The Morgan fingerprint density at radius 2 is 2.04 bits per heavy atom. The minimum absolute atomic E-state index is 0.594. The first-order valence-corrected chi connectivity index (χ1v) is 10.5. The lowest BCUT2D eigenvalue weighted by Crippen LogP contribution is -2.40. The van der Waals surface area contributed by atoms with Gasteiger partial charge in [0, 0.05) is 37.1 Å². The minimum atomic E-state index is 0.594. The third kappa shape index (κ3) is 6.61. The topological polar surface area (TPSA) is 61.8 Å². The number of hydrogen-bond acceptors (Lipinski definition) is 5. The van der Waals surface area contributed by atoms with Gasteiger partial charge in [0.1, 0.15) is 5.01 Å². The lowest BCUT2D eigenvalue weighted by atomic mass is 10.2. The Hall–Kier alpha value is -1.96. The number of aromatic nitrogens is 1. The van der Waals surface area contributed by atoms with Gasteiger partial charge in [0.2, 0.25) is 0 Å². The van der Waals surface area contributed by atoms with Crippen molar-refractivity contribution in [2.24, 2.45) is 4.99 Å². The van der Waals surface area contributed by atoms with E-state index in [1.807, 2.05) is 18.2 Å². The molecule has 27 heavy (non-hydrogen) atoms. The van der Waals surface area contributed by atoms with Gasteiger partial charge in [0.15, 0.2) is 5.96 Å². The van der Waals surface area contributed by atoms with Gasteiger partial charge in [-0.2, -0.15) is 0 Å². The predicted molar refractivity (Wildman–Crippen MR) is 112 cm³/mol. The number of morpholine rings is 1. The number of nitrogens with one attached hydrogen (secondary N) is 2. The van der Waals surface area contributed by atoms with E-state index < -0.39 is 0 Å². The smallest absolute Gasteiger partial charge is 0.191 e. The third-order valence-electron chi connectivity index (χ3n) is 4.39. The van der Waals surface area contributed by atoms with E-state index in [1.54, 1.807) is 11.3 Å². The van der Waals surface area contributed by atoms with Crippen LogP contribution in [-0.2, 0) is 11.3 Å². The van der Waals surface area contributed by atoms with Crippen LogP contribution in [0.2, 0.25) is 0 Å². The Kier molecular flexibility index (Phi) is 8.07. The molecule has 0 saturated carbocycles. The van der Waals surface area contributed by atoms with Gasteiger partial charge in [-0.1, -0.05) is 30.3 Å². The molecule has 146 valence electrons. The molecule has 0 radical (unpaired) electrons. The minimum Gasteiger partial charge on any atom is -0.379 e. The average Bonchev–Trinajstić information content (AvgIpc) is 3.20. The van der Waals surface area contributed by atoms with Crippen molar-refractivity contribution in [3.8, 4) is 11.3 Å². The highest BCUT2D eigenvalue weighted by Crippen LogP contribution is 2.21. The predicted octanol–water partition coefficient (Wildman–Crippen LogP) is 2.59. The van der Waals surface area contributed by atoms with Crippen molar-refractivity contribution in [3.63, 3.8) is 0 Å². The summed E-state index contributed by atoms with van der Waals surface area (Å²) < 4.78 is 5.39. The molecule has 2 aromatic rings. The van der Waals surface area contributed by atoms with Crippen LogP contribution in [0.4, 0.5) is 0 Å². The summed E-state index contributed by atoms with van der Waals surface area (Å²) in [5, 5.41) is 9.87. The summed E-state index contributed by atoms with van der Waals surface area (Å²) in [5.74, 6) is 0.857. The second-order valence-electron chi connectivity index (χ2n) is 6.42. The standard InChI is InChI=1S/C20H29N5OS/c1-2-21-20(22-9-6-10-25-11-13-26-14-12-25)23-15-19-24-18(16-27-19)17-7-4-3-5-8-17/h3-5,7-8,16H,2,6,9-15H2,1H3,(H2,21,22,23). The normalized spacial score (nSPS) is 15.7. The van der Waals surface area contributed by atoms with E-state index in [-0.39, 0.29) is 0 Å². The fraction of sp³-hybridized carbons (Fsp3) is 0.500. The largest absolute Gasteiger partial charge is 0.379 e. The zero-order chi connectivity index (χ0) is 18.7. The molecule has 1 fully saturated rings. The van der Waals surface area contributed by atoms with Gasteiger partial charge >= 0.3 is 0 Å². The number of nitrogens with zero attached hydrogens (tertiary/aromatic N) is 3. The van der Waals surface area contributed by atoms with Gasteiger partial charge in [0.05, 0.1) is 25.5 Å². The summed E-state index contributed by atoms with van der Waals surface area (Å²) in [7, 11) is 0. The zero-order valence-electron chi connectivity index (χ0n) is 16.0. The molecule has 1 aliphatic heterocycles. The Labute approximate surface area is 165 Å². The summed E-state index contributed by atoms with van der Waals surface area (Å²) in [6, 6.07) is 10.3. The van der Waals surface area contributed by atoms with Crippen LogP contribution in [0.5, 0.6) is 0 Å². The van der Waals surface area contributed by atoms with Gasteiger partial charge in [-0.3, -0.25) is 4.90 Å². The van der Waals surface area contributed by atoms with Crippen LogP contribution in [0.1, 0.15) is 18.4 Å². The number of guanidine groups is 1. The number of hydrogen-bond donors (Lipinski definition) is 2. The Morgan fingerprint density at radius 1 is 1.22 bits per heavy atom. The molecular formula is C20H29N5OS. The average molecular weight is 388 g/mol.